The fraction of sp³-hybridized carbons (Fsp3) is 0.261. The third-order valence-electron chi connectivity index (χ3n) is 5.92. The Hall–Kier alpha value is -3.76. The number of urea groups is 1. The number of nitro groups is 1. The molecule has 0 spiro atoms. The Kier molecular flexibility index (Phi) is 7.33. The Balaban J connectivity index is 0.00000324. The molecule has 0 aromatic heterocycles. The van der Waals surface area contributed by atoms with E-state index in [1.165, 1.54) is 18.2 Å². The van der Waals surface area contributed by atoms with Crippen LogP contribution in [0.3, 0.4) is 0 Å². The number of nitrogens with one attached hydrogen (secondary N) is 1. The number of hydrogen-bond acceptors (Lipinski definition) is 6. The highest BCUT2D eigenvalue weighted by Gasteiger charge is 2.37. The van der Waals surface area contributed by atoms with Crippen molar-refractivity contribution >= 4 is 41.0 Å². The van der Waals surface area contributed by atoms with Crippen molar-refractivity contribution in [1.29, 1.82) is 0 Å². The van der Waals surface area contributed by atoms with Gasteiger partial charge in [0.2, 0.25) is 0 Å². The number of imide groups is 2. The molecule has 0 aliphatic carbocycles. The average molecular weight is 486 g/mol. The van der Waals surface area contributed by atoms with Crippen LogP contribution in [0.1, 0.15) is 16.7 Å². The quantitative estimate of drug-likeness (QED) is 0.229. The maximum absolute atomic E-state index is 13.3. The van der Waals surface area contributed by atoms with E-state index in [4.69, 9.17) is 0 Å². The van der Waals surface area contributed by atoms with E-state index in [-0.39, 0.29) is 23.7 Å². The zero-order valence-corrected chi connectivity index (χ0v) is 19.5. The summed E-state index contributed by atoms with van der Waals surface area (Å²) in [4.78, 5) is 52.2. The Bertz CT molecular complexity index is 1210. The maximum Gasteiger partial charge on any atom is 0.335 e. The first kappa shape index (κ1) is 24.9. The number of nitro benzene ring substituents is 1. The second-order valence-corrected chi connectivity index (χ2v) is 8.08. The van der Waals surface area contributed by atoms with Gasteiger partial charge in [-0.15, -0.1) is 0 Å². The molecule has 34 heavy (non-hydrogen) atoms. The van der Waals surface area contributed by atoms with Crippen molar-refractivity contribution in [2.75, 3.05) is 36.0 Å². The highest BCUT2D eigenvalue weighted by molar-refractivity contribution is 6.39. The van der Waals surface area contributed by atoms with Gasteiger partial charge in [-0.3, -0.25) is 25.0 Å². The van der Waals surface area contributed by atoms with Crippen molar-refractivity contribution in [3.05, 3.63) is 68.8 Å². The SMILES string of the molecule is Cc1ccc(N2C(=O)NC(=O)/C(=C/c3cc([N+](=O)[O-])ccc3N3CC[NH2+]CC3)C2=O)cc1C.[Cl-]. The molecule has 2 aromatic rings. The van der Waals surface area contributed by atoms with Gasteiger partial charge in [0.15, 0.2) is 0 Å². The van der Waals surface area contributed by atoms with Gasteiger partial charge < -0.3 is 22.6 Å². The molecule has 178 valence electrons. The summed E-state index contributed by atoms with van der Waals surface area (Å²) in [6, 6.07) is 8.67. The number of piperazine rings is 1. The number of benzene rings is 2. The van der Waals surface area contributed by atoms with Crippen molar-refractivity contribution in [2.45, 2.75) is 13.8 Å². The molecule has 3 N–H and O–H groups in total. The second kappa shape index (κ2) is 10.0. The standard InChI is InChI=1S/C23H23N5O5.ClH/c1-14-3-4-17(11-15(14)2)27-22(30)19(21(29)25-23(27)31)13-16-12-18(28(32)33)5-6-20(16)26-9-7-24-8-10-26;/h3-6,11-13,24H,7-10H2,1-2H3,(H,25,29,31);1H/b19-13-;. The van der Waals surface area contributed by atoms with Crippen LogP contribution >= 0.6 is 0 Å². The fourth-order valence-corrected chi connectivity index (χ4v) is 3.96. The summed E-state index contributed by atoms with van der Waals surface area (Å²) in [5, 5.41) is 15.7. The summed E-state index contributed by atoms with van der Waals surface area (Å²) in [5.41, 5.74) is 2.87. The summed E-state index contributed by atoms with van der Waals surface area (Å²) in [5.74, 6) is -1.62. The van der Waals surface area contributed by atoms with Crippen LogP contribution < -0.4 is 32.8 Å². The molecular formula is C23H24ClN5O5. The lowest BCUT2D eigenvalue weighted by atomic mass is 10.0. The lowest BCUT2D eigenvalue weighted by Crippen LogP contribution is -3.00. The second-order valence-electron chi connectivity index (χ2n) is 8.08. The largest absolute Gasteiger partial charge is 1.00 e. The monoisotopic (exact) mass is 485 g/mol. The van der Waals surface area contributed by atoms with Gasteiger partial charge in [-0.2, -0.15) is 0 Å². The van der Waals surface area contributed by atoms with Gasteiger partial charge in [0.1, 0.15) is 5.57 Å². The smallest absolute Gasteiger partial charge is 0.335 e. The number of anilines is 2. The molecule has 0 unspecified atom stereocenters. The number of rotatable bonds is 4. The Morgan fingerprint density at radius 1 is 1.03 bits per heavy atom. The van der Waals surface area contributed by atoms with E-state index >= 15 is 0 Å². The van der Waals surface area contributed by atoms with Gasteiger partial charge in [0.25, 0.3) is 17.5 Å². The molecule has 0 atom stereocenters. The number of hydrogen-bond donors (Lipinski definition) is 2. The third kappa shape index (κ3) is 4.78. The highest BCUT2D eigenvalue weighted by Crippen LogP contribution is 2.30. The van der Waals surface area contributed by atoms with E-state index in [1.807, 2.05) is 13.8 Å². The van der Waals surface area contributed by atoms with Gasteiger partial charge in [0.05, 0.1) is 36.8 Å². The molecule has 2 saturated heterocycles. The van der Waals surface area contributed by atoms with E-state index < -0.39 is 22.8 Å². The van der Waals surface area contributed by atoms with Gasteiger partial charge in [-0.05, 0) is 49.2 Å². The minimum absolute atomic E-state index is 0. The van der Waals surface area contributed by atoms with Crippen LogP contribution in [-0.2, 0) is 9.59 Å². The normalized spacial score (nSPS) is 17.5. The summed E-state index contributed by atoms with van der Waals surface area (Å²) in [6.07, 6.45) is 1.33. The molecule has 2 aromatic carbocycles. The molecule has 2 aliphatic heterocycles. The van der Waals surface area contributed by atoms with Gasteiger partial charge in [0, 0.05) is 23.4 Å². The number of aryl methyl sites for hydroxylation is 2. The van der Waals surface area contributed by atoms with Crippen molar-refractivity contribution in [2.24, 2.45) is 0 Å². The van der Waals surface area contributed by atoms with Crippen LogP contribution in [0.2, 0.25) is 0 Å². The molecule has 2 heterocycles. The number of carbonyl (C=O) groups excluding carboxylic acids is 3. The summed E-state index contributed by atoms with van der Waals surface area (Å²) in [7, 11) is 0. The zero-order chi connectivity index (χ0) is 23.7. The number of nitrogens with zero attached hydrogens (tertiary/aromatic N) is 3. The third-order valence-corrected chi connectivity index (χ3v) is 5.92. The first-order valence-electron chi connectivity index (χ1n) is 10.6. The van der Waals surface area contributed by atoms with E-state index in [9.17, 15) is 24.5 Å². The minimum Gasteiger partial charge on any atom is -1.00 e. The Morgan fingerprint density at radius 2 is 1.74 bits per heavy atom. The molecule has 11 heteroatoms. The van der Waals surface area contributed by atoms with Crippen molar-refractivity contribution in [3.63, 3.8) is 0 Å². The molecule has 0 radical (unpaired) electrons. The maximum atomic E-state index is 13.3. The number of carbonyl (C=O) groups is 3. The molecule has 10 nitrogen and oxygen atoms in total. The molecular weight excluding hydrogens is 462 g/mol. The van der Waals surface area contributed by atoms with Crippen LogP contribution in [0.4, 0.5) is 21.9 Å². The number of amides is 4. The predicted molar refractivity (Wildman–Crippen MR) is 122 cm³/mol. The Labute approximate surface area is 202 Å². The van der Waals surface area contributed by atoms with Crippen LogP contribution in [0.25, 0.3) is 6.08 Å². The zero-order valence-electron chi connectivity index (χ0n) is 18.7. The number of halogens is 1. The number of barbiturate groups is 1. The van der Waals surface area contributed by atoms with E-state index in [0.717, 1.165) is 42.2 Å². The van der Waals surface area contributed by atoms with E-state index in [0.29, 0.717) is 16.9 Å². The molecule has 0 saturated carbocycles. The van der Waals surface area contributed by atoms with Crippen LogP contribution in [-0.4, -0.2) is 48.9 Å². The minimum atomic E-state index is -0.838. The van der Waals surface area contributed by atoms with Crippen molar-refractivity contribution in [3.8, 4) is 0 Å². The Morgan fingerprint density at radius 3 is 2.38 bits per heavy atom. The average Bonchev–Trinajstić information content (AvgIpc) is 2.79. The van der Waals surface area contributed by atoms with Gasteiger partial charge in [-0.1, -0.05) is 6.07 Å². The van der Waals surface area contributed by atoms with Crippen molar-refractivity contribution < 1.29 is 37.0 Å². The fourth-order valence-electron chi connectivity index (χ4n) is 3.96. The first-order valence-corrected chi connectivity index (χ1v) is 10.6. The molecule has 2 aliphatic rings. The highest BCUT2D eigenvalue weighted by atomic mass is 35.5. The topological polar surface area (TPSA) is 129 Å². The van der Waals surface area contributed by atoms with E-state index in [2.05, 4.69) is 15.5 Å². The number of nitrogens with two attached hydrogens (primary N) is 1. The predicted octanol–water partition coefficient (Wildman–Crippen LogP) is -1.73. The lowest BCUT2D eigenvalue weighted by molar-refractivity contribution is -0.655. The molecule has 4 rings (SSSR count). The van der Waals surface area contributed by atoms with Crippen molar-refractivity contribution in [1.82, 2.24) is 5.32 Å². The summed E-state index contributed by atoms with van der Waals surface area (Å²) >= 11 is 0. The molecule has 4 amide bonds. The van der Waals surface area contributed by atoms with E-state index in [1.54, 1.807) is 24.3 Å². The van der Waals surface area contributed by atoms with Crippen LogP contribution in [0, 0.1) is 24.0 Å². The first-order chi connectivity index (χ1) is 15.8. The van der Waals surface area contributed by atoms with Gasteiger partial charge >= 0.3 is 6.03 Å². The summed E-state index contributed by atoms with van der Waals surface area (Å²) < 4.78 is 0. The van der Waals surface area contributed by atoms with Crippen LogP contribution in [0.15, 0.2) is 42.0 Å². The number of quaternary nitrogens is 1. The molecule has 0 bridgehead atoms. The van der Waals surface area contributed by atoms with Crippen LogP contribution in [0.5, 0.6) is 0 Å². The summed E-state index contributed by atoms with van der Waals surface area (Å²) in [6.45, 7) is 6.94. The molecule has 2 fully saturated rings. The number of non-ortho nitro benzene ring substituents is 1. The van der Waals surface area contributed by atoms with Gasteiger partial charge in [-0.25, -0.2) is 9.69 Å². The lowest BCUT2D eigenvalue weighted by Gasteiger charge is -2.29.